The lowest BCUT2D eigenvalue weighted by atomic mass is 10.2. The molecule has 0 bridgehead atoms. The fraction of sp³-hybridized carbons (Fsp3) is 0.429. The smallest absolute Gasteiger partial charge is 0.339 e. The van der Waals surface area contributed by atoms with Crippen molar-refractivity contribution in [1.29, 1.82) is 0 Å². The summed E-state index contributed by atoms with van der Waals surface area (Å²) in [5.41, 5.74) is 0.0515. The number of hydrogen-bond donors (Lipinski definition) is 1. The van der Waals surface area contributed by atoms with Crippen molar-refractivity contribution in [3.8, 4) is 5.75 Å². The minimum absolute atomic E-state index is 0.0130. The summed E-state index contributed by atoms with van der Waals surface area (Å²) < 4.78 is 10.7. The van der Waals surface area contributed by atoms with Gasteiger partial charge in [-0.3, -0.25) is 4.79 Å². The van der Waals surface area contributed by atoms with E-state index in [-0.39, 0.29) is 29.9 Å². The minimum Gasteiger partial charge on any atom is -0.483 e. The molecule has 6 nitrogen and oxygen atoms in total. The van der Waals surface area contributed by atoms with Gasteiger partial charge in [-0.25, -0.2) is 4.79 Å². The van der Waals surface area contributed by atoms with E-state index in [0.29, 0.717) is 19.7 Å². The zero-order chi connectivity index (χ0) is 14.5. The molecule has 1 fully saturated rings. The Kier molecular flexibility index (Phi) is 4.57. The van der Waals surface area contributed by atoms with Crippen LogP contribution in [-0.2, 0) is 9.53 Å². The predicted molar refractivity (Wildman–Crippen MR) is 70.9 cm³/mol. The molecule has 1 saturated heterocycles. The largest absolute Gasteiger partial charge is 0.483 e. The van der Waals surface area contributed by atoms with Crippen molar-refractivity contribution in [2.45, 2.75) is 13.0 Å². The maximum Gasteiger partial charge on any atom is 0.339 e. The summed E-state index contributed by atoms with van der Waals surface area (Å²) in [6, 6.07) is 6.27. The SMILES string of the molecule is CC1CN(C(=O)COc2ccccc2C(=O)O)CCO1. The summed E-state index contributed by atoms with van der Waals surface area (Å²) in [5, 5.41) is 9.02. The highest BCUT2D eigenvalue weighted by molar-refractivity contribution is 5.91. The Balaban J connectivity index is 1.95. The number of carboxylic acids is 1. The first-order valence-electron chi connectivity index (χ1n) is 6.42. The quantitative estimate of drug-likeness (QED) is 0.890. The first-order chi connectivity index (χ1) is 9.58. The van der Waals surface area contributed by atoms with Gasteiger partial charge in [-0.2, -0.15) is 0 Å². The van der Waals surface area contributed by atoms with Gasteiger partial charge in [0, 0.05) is 13.1 Å². The highest BCUT2D eigenvalue weighted by Gasteiger charge is 2.22. The molecule has 1 N–H and O–H groups in total. The Morgan fingerprint density at radius 1 is 1.45 bits per heavy atom. The third-order valence-corrected chi connectivity index (χ3v) is 3.06. The molecule has 0 spiro atoms. The molecule has 1 heterocycles. The van der Waals surface area contributed by atoms with E-state index in [2.05, 4.69) is 0 Å². The van der Waals surface area contributed by atoms with Crippen molar-refractivity contribution in [1.82, 2.24) is 4.90 Å². The Morgan fingerprint density at radius 3 is 2.90 bits per heavy atom. The molecule has 0 radical (unpaired) electrons. The van der Waals surface area contributed by atoms with Gasteiger partial charge in [-0.05, 0) is 19.1 Å². The van der Waals surface area contributed by atoms with Crippen LogP contribution in [0.25, 0.3) is 0 Å². The van der Waals surface area contributed by atoms with Gasteiger partial charge >= 0.3 is 5.97 Å². The van der Waals surface area contributed by atoms with E-state index in [1.54, 1.807) is 23.1 Å². The highest BCUT2D eigenvalue weighted by atomic mass is 16.5. The van der Waals surface area contributed by atoms with Crippen molar-refractivity contribution in [3.05, 3.63) is 29.8 Å². The predicted octanol–water partition coefficient (Wildman–Crippen LogP) is 1.01. The average Bonchev–Trinajstić information content (AvgIpc) is 2.45. The molecule has 108 valence electrons. The molecular formula is C14H17NO5. The molecule has 1 atom stereocenters. The van der Waals surface area contributed by atoms with Gasteiger partial charge < -0.3 is 19.5 Å². The second-order valence-electron chi connectivity index (χ2n) is 4.61. The number of benzene rings is 1. The Labute approximate surface area is 116 Å². The molecule has 1 amide bonds. The van der Waals surface area contributed by atoms with Crippen LogP contribution in [0.15, 0.2) is 24.3 Å². The summed E-state index contributed by atoms with van der Waals surface area (Å²) in [4.78, 5) is 24.7. The second kappa shape index (κ2) is 6.38. The van der Waals surface area contributed by atoms with Gasteiger partial charge in [-0.1, -0.05) is 12.1 Å². The van der Waals surface area contributed by atoms with Crippen LogP contribution < -0.4 is 4.74 Å². The summed E-state index contributed by atoms with van der Waals surface area (Å²) in [6.07, 6.45) is 0.0130. The summed E-state index contributed by atoms with van der Waals surface area (Å²) in [7, 11) is 0. The first kappa shape index (κ1) is 14.3. The molecule has 1 aromatic carbocycles. The zero-order valence-corrected chi connectivity index (χ0v) is 11.2. The monoisotopic (exact) mass is 279 g/mol. The van der Waals surface area contributed by atoms with Crippen LogP contribution in [0.3, 0.4) is 0 Å². The number of carboxylic acid groups (broad SMARTS) is 1. The number of ether oxygens (including phenoxy) is 2. The van der Waals surface area contributed by atoms with Gasteiger partial charge in [0.25, 0.3) is 5.91 Å². The molecule has 2 rings (SSSR count). The standard InChI is InChI=1S/C14H17NO5/c1-10-8-15(6-7-19-10)13(16)9-20-12-5-3-2-4-11(12)14(17)18/h2-5,10H,6-9H2,1H3,(H,17,18). The van der Waals surface area contributed by atoms with E-state index in [1.807, 2.05) is 6.92 Å². The number of hydrogen-bond acceptors (Lipinski definition) is 4. The topological polar surface area (TPSA) is 76.1 Å². The lowest BCUT2D eigenvalue weighted by Gasteiger charge is -2.31. The molecule has 1 aliphatic heterocycles. The van der Waals surface area contributed by atoms with E-state index in [9.17, 15) is 9.59 Å². The number of para-hydroxylation sites is 1. The fourth-order valence-electron chi connectivity index (χ4n) is 2.04. The van der Waals surface area contributed by atoms with Crippen molar-refractivity contribution >= 4 is 11.9 Å². The third-order valence-electron chi connectivity index (χ3n) is 3.06. The van der Waals surface area contributed by atoms with Gasteiger partial charge in [0.2, 0.25) is 0 Å². The van der Waals surface area contributed by atoms with Crippen LogP contribution >= 0.6 is 0 Å². The van der Waals surface area contributed by atoms with Gasteiger partial charge in [-0.15, -0.1) is 0 Å². The van der Waals surface area contributed by atoms with Crippen LogP contribution in [0.5, 0.6) is 5.75 Å². The van der Waals surface area contributed by atoms with Crippen LogP contribution in [-0.4, -0.2) is 54.3 Å². The zero-order valence-electron chi connectivity index (χ0n) is 11.2. The van der Waals surface area contributed by atoms with E-state index in [4.69, 9.17) is 14.6 Å². The van der Waals surface area contributed by atoms with E-state index < -0.39 is 5.97 Å². The van der Waals surface area contributed by atoms with Crippen molar-refractivity contribution in [2.24, 2.45) is 0 Å². The molecule has 0 aliphatic carbocycles. The van der Waals surface area contributed by atoms with Crippen LogP contribution in [0, 0.1) is 0 Å². The Hall–Kier alpha value is -2.08. The fourth-order valence-corrected chi connectivity index (χ4v) is 2.04. The molecule has 0 aromatic heterocycles. The number of rotatable bonds is 4. The average molecular weight is 279 g/mol. The van der Waals surface area contributed by atoms with Crippen LogP contribution in [0.2, 0.25) is 0 Å². The maximum atomic E-state index is 12.0. The van der Waals surface area contributed by atoms with Crippen molar-refractivity contribution in [3.63, 3.8) is 0 Å². The molecule has 6 heteroatoms. The molecule has 1 aliphatic rings. The molecule has 20 heavy (non-hydrogen) atoms. The Bertz CT molecular complexity index is 502. The summed E-state index contributed by atoms with van der Waals surface area (Å²) in [5.74, 6) is -1.04. The maximum absolute atomic E-state index is 12.0. The number of carbonyl (C=O) groups excluding carboxylic acids is 1. The van der Waals surface area contributed by atoms with Gasteiger partial charge in [0.15, 0.2) is 6.61 Å². The Morgan fingerprint density at radius 2 is 2.20 bits per heavy atom. The van der Waals surface area contributed by atoms with E-state index >= 15 is 0 Å². The first-order valence-corrected chi connectivity index (χ1v) is 6.42. The normalized spacial score (nSPS) is 18.6. The number of morpholine rings is 1. The molecule has 1 unspecified atom stereocenters. The van der Waals surface area contributed by atoms with Gasteiger partial charge in [0.05, 0.1) is 12.7 Å². The van der Waals surface area contributed by atoms with E-state index in [1.165, 1.54) is 6.07 Å². The molecule has 0 saturated carbocycles. The second-order valence-corrected chi connectivity index (χ2v) is 4.61. The van der Waals surface area contributed by atoms with Crippen molar-refractivity contribution in [2.75, 3.05) is 26.3 Å². The molecule has 1 aromatic rings. The van der Waals surface area contributed by atoms with Crippen LogP contribution in [0.1, 0.15) is 17.3 Å². The number of carbonyl (C=O) groups is 2. The summed E-state index contributed by atoms with van der Waals surface area (Å²) in [6.45, 7) is 3.31. The number of aromatic carboxylic acids is 1. The number of nitrogens with zero attached hydrogens (tertiary/aromatic N) is 1. The third kappa shape index (κ3) is 3.48. The number of amides is 1. The van der Waals surface area contributed by atoms with E-state index in [0.717, 1.165) is 0 Å². The minimum atomic E-state index is -1.08. The lowest BCUT2D eigenvalue weighted by Crippen LogP contribution is -2.46. The van der Waals surface area contributed by atoms with Crippen molar-refractivity contribution < 1.29 is 24.2 Å². The molecular weight excluding hydrogens is 262 g/mol. The van der Waals surface area contributed by atoms with Crippen LogP contribution in [0.4, 0.5) is 0 Å². The lowest BCUT2D eigenvalue weighted by molar-refractivity contribution is -0.140. The summed E-state index contributed by atoms with van der Waals surface area (Å²) >= 11 is 0. The van der Waals surface area contributed by atoms with Gasteiger partial charge in [0.1, 0.15) is 11.3 Å². The highest BCUT2D eigenvalue weighted by Crippen LogP contribution is 2.18.